The Morgan fingerprint density at radius 2 is 1.65 bits per heavy atom. The third-order valence-corrected chi connectivity index (χ3v) is 7.58. The summed E-state index contributed by atoms with van der Waals surface area (Å²) >= 11 is 0. The van der Waals surface area contributed by atoms with Gasteiger partial charge in [0.2, 0.25) is 0 Å². The fraction of sp³-hybridized carbons (Fsp3) is 0.219. The Balaban J connectivity index is 0.00000368. The minimum atomic E-state index is -1.18. The number of carbonyl (C=O) groups excluding carboxylic acids is 1. The average Bonchev–Trinajstić information content (AvgIpc) is 2.95. The number of pyridine rings is 3. The minimum Gasteiger partial charge on any atom is -0.476 e. The standard InChI is InChI=1S/C32H31N7O3.ClH/c1-16-11-25(38(3)4)21-13-20(8-10-23(21)35-16)33-14-19-15-34-29(32(41)42)27-18-7-9-24-22(12-18)30(39(5)6)26(17(2)36-24)31(40)37-28(19)27;/h7-13,15,33H,14H2,1-6H3,(H,37,40)(H,41,42);1H. The number of aromatic carboxylic acids is 1. The number of fused-ring (bicyclic) bond motifs is 5. The summed E-state index contributed by atoms with van der Waals surface area (Å²) < 4.78 is 0. The molecule has 1 aliphatic heterocycles. The predicted molar refractivity (Wildman–Crippen MR) is 174 cm³/mol. The van der Waals surface area contributed by atoms with E-state index in [1.54, 1.807) is 0 Å². The summed E-state index contributed by atoms with van der Waals surface area (Å²) in [5.74, 6) is -1.54. The number of nitrogens with one attached hydrogen (secondary N) is 2. The van der Waals surface area contributed by atoms with Crippen LogP contribution >= 0.6 is 12.4 Å². The molecule has 0 fully saturated rings. The van der Waals surface area contributed by atoms with Crippen LogP contribution in [0.1, 0.15) is 37.8 Å². The normalized spacial score (nSPS) is 11.8. The molecule has 43 heavy (non-hydrogen) atoms. The quantitative estimate of drug-likeness (QED) is 0.220. The molecule has 0 saturated heterocycles. The first-order valence-corrected chi connectivity index (χ1v) is 13.5. The van der Waals surface area contributed by atoms with Gasteiger partial charge < -0.3 is 25.5 Å². The highest BCUT2D eigenvalue weighted by Crippen LogP contribution is 2.41. The second kappa shape index (κ2) is 11.0. The van der Waals surface area contributed by atoms with E-state index in [4.69, 9.17) is 0 Å². The fourth-order valence-corrected chi connectivity index (χ4v) is 5.72. The van der Waals surface area contributed by atoms with Crippen LogP contribution in [-0.4, -0.2) is 60.1 Å². The molecule has 3 aromatic heterocycles. The zero-order valence-corrected chi connectivity index (χ0v) is 25.6. The van der Waals surface area contributed by atoms with Gasteiger partial charge in [-0.25, -0.2) is 9.78 Å². The number of hydrogen-bond donors (Lipinski definition) is 3. The van der Waals surface area contributed by atoms with Crippen LogP contribution in [0.5, 0.6) is 0 Å². The lowest BCUT2D eigenvalue weighted by Crippen LogP contribution is -2.22. The maximum Gasteiger partial charge on any atom is 0.355 e. The average molecular weight is 598 g/mol. The Kier molecular flexibility index (Phi) is 7.58. The van der Waals surface area contributed by atoms with Gasteiger partial charge in [-0.2, -0.15) is 0 Å². The van der Waals surface area contributed by atoms with Crippen molar-refractivity contribution in [1.82, 2.24) is 15.0 Å². The molecule has 10 nitrogen and oxygen atoms in total. The third-order valence-electron chi connectivity index (χ3n) is 7.58. The van der Waals surface area contributed by atoms with Crippen LogP contribution < -0.4 is 20.4 Å². The number of carboxylic acid groups (broad SMARTS) is 1. The Morgan fingerprint density at radius 1 is 0.930 bits per heavy atom. The second-order valence-electron chi connectivity index (χ2n) is 11.0. The summed E-state index contributed by atoms with van der Waals surface area (Å²) in [7, 11) is 7.76. The first kappa shape index (κ1) is 29.5. The first-order chi connectivity index (χ1) is 20.0. The van der Waals surface area contributed by atoms with Crippen LogP contribution in [0.3, 0.4) is 0 Å². The second-order valence-corrected chi connectivity index (χ2v) is 11.0. The van der Waals surface area contributed by atoms with Crippen molar-refractivity contribution in [2.24, 2.45) is 0 Å². The van der Waals surface area contributed by atoms with Crippen molar-refractivity contribution in [3.63, 3.8) is 0 Å². The Hall–Kier alpha value is -4.96. The van der Waals surface area contributed by atoms with Gasteiger partial charge in [0.15, 0.2) is 5.69 Å². The number of anilines is 4. The highest BCUT2D eigenvalue weighted by atomic mass is 35.5. The van der Waals surface area contributed by atoms with Gasteiger partial charge in [-0.05, 0) is 55.8 Å². The van der Waals surface area contributed by atoms with E-state index in [-0.39, 0.29) is 30.6 Å². The van der Waals surface area contributed by atoms with E-state index in [0.29, 0.717) is 33.6 Å². The molecule has 3 N–H and O–H groups in total. The van der Waals surface area contributed by atoms with Crippen molar-refractivity contribution < 1.29 is 14.7 Å². The van der Waals surface area contributed by atoms with Gasteiger partial charge in [0.05, 0.1) is 33.7 Å². The fourth-order valence-electron chi connectivity index (χ4n) is 5.72. The smallest absolute Gasteiger partial charge is 0.355 e. The van der Waals surface area contributed by atoms with Gasteiger partial charge in [0.25, 0.3) is 5.91 Å². The molecule has 0 aliphatic carbocycles. The van der Waals surface area contributed by atoms with Crippen molar-refractivity contribution in [2.45, 2.75) is 20.4 Å². The van der Waals surface area contributed by atoms with Crippen molar-refractivity contribution >= 4 is 68.8 Å². The number of carbonyl (C=O) groups is 2. The highest BCUT2D eigenvalue weighted by Gasteiger charge is 2.28. The van der Waals surface area contributed by atoms with Gasteiger partial charge in [-0.1, -0.05) is 6.07 Å². The van der Waals surface area contributed by atoms with Gasteiger partial charge in [-0.3, -0.25) is 14.8 Å². The van der Waals surface area contributed by atoms with Gasteiger partial charge in [-0.15, -0.1) is 12.4 Å². The minimum absolute atomic E-state index is 0. The molecule has 4 heterocycles. The van der Waals surface area contributed by atoms with E-state index in [0.717, 1.165) is 44.6 Å². The number of benzene rings is 2. The van der Waals surface area contributed by atoms with E-state index in [9.17, 15) is 14.7 Å². The molecule has 0 atom stereocenters. The number of nitrogens with zero attached hydrogens (tertiary/aromatic N) is 5. The molecule has 0 saturated carbocycles. The van der Waals surface area contributed by atoms with Crippen LogP contribution in [0.15, 0.2) is 48.7 Å². The van der Waals surface area contributed by atoms with Crippen LogP contribution in [0, 0.1) is 13.8 Å². The molecule has 0 radical (unpaired) electrons. The van der Waals surface area contributed by atoms with Crippen molar-refractivity contribution in [1.29, 1.82) is 0 Å². The molecule has 2 aromatic carbocycles. The molecule has 220 valence electrons. The lowest BCUT2D eigenvalue weighted by atomic mass is 9.97. The maximum absolute atomic E-state index is 13.9. The van der Waals surface area contributed by atoms with Crippen molar-refractivity contribution in [3.8, 4) is 11.1 Å². The van der Waals surface area contributed by atoms with Gasteiger partial charge in [0, 0.05) is 79.9 Å². The number of hydrogen-bond acceptors (Lipinski definition) is 8. The van der Waals surface area contributed by atoms with E-state index in [1.165, 1.54) is 6.20 Å². The molecule has 6 rings (SSSR count). The number of halogens is 1. The molecule has 0 unspecified atom stereocenters. The van der Waals surface area contributed by atoms with Gasteiger partial charge >= 0.3 is 5.97 Å². The molecule has 1 aliphatic rings. The van der Waals surface area contributed by atoms with Crippen molar-refractivity contribution in [3.05, 3.63) is 76.9 Å². The Bertz CT molecular complexity index is 1960. The summed E-state index contributed by atoms with van der Waals surface area (Å²) in [4.78, 5) is 43.9. The summed E-state index contributed by atoms with van der Waals surface area (Å²) in [6.45, 7) is 4.07. The molecule has 3 bridgehead atoms. The predicted octanol–water partition coefficient (Wildman–Crippen LogP) is 5.89. The lowest BCUT2D eigenvalue weighted by molar-refractivity contribution is 0.0691. The number of aryl methyl sites for hydroxylation is 2. The molecule has 5 aromatic rings. The maximum atomic E-state index is 13.9. The summed E-state index contributed by atoms with van der Waals surface area (Å²) in [5.41, 5.74) is 8.12. The molecule has 11 heteroatoms. The third kappa shape index (κ3) is 5.03. The SMILES string of the molecule is Cc1cc(N(C)C)c2cc(NCc3cnc(C(=O)O)c4c3NC(=O)c3c(C)nc5ccc-4cc5c3N(C)C)ccc2n1.Cl. The van der Waals surface area contributed by atoms with E-state index >= 15 is 0 Å². The topological polar surface area (TPSA) is 124 Å². The Morgan fingerprint density at radius 3 is 2.35 bits per heavy atom. The number of amides is 1. The molecular weight excluding hydrogens is 566 g/mol. The van der Waals surface area contributed by atoms with Crippen LogP contribution in [0.2, 0.25) is 0 Å². The first-order valence-electron chi connectivity index (χ1n) is 13.5. The monoisotopic (exact) mass is 597 g/mol. The highest BCUT2D eigenvalue weighted by molar-refractivity contribution is 6.17. The van der Waals surface area contributed by atoms with Crippen LogP contribution in [0.4, 0.5) is 22.7 Å². The number of rotatable bonds is 6. The summed E-state index contributed by atoms with van der Waals surface area (Å²) in [6, 6.07) is 13.6. The molecule has 1 amide bonds. The zero-order valence-electron chi connectivity index (χ0n) is 24.7. The van der Waals surface area contributed by atoms with Gasteiger partial charge in [0.1, 0.15) is 0 Å². The number of carboxylic acids is 1. The zero-order chi connectivity index (χ0) is 29.9. The van der Waals surface area contributed by atoms with E-state index in [2.05, 4.69) is 30.5 Å². The summed E-state index contributed by atoms with van der Waals surface area (Å²) in [6.07, 6.45) is 1.51. The molecular formula is C32H32ClN7O3. The summed E-state index contributed by atoms with van der Waals surface area (Å²) in [5, 5.41) is 18.4. The largest absolute Gasteiger partial charge is 0.476 e. The van der Waals surface area contributed by atoms with E-state index in [1.807, 2.05) is 89.4 Å². The Labute approximate surface area is 255 Å². The number of aromatic nitrogens is 3. The lowest BCUT2D eigenvalue weighted by Gasteiger charge is -2.21. The van der Waals surface area contributed by atoms with Crippen LogP contribution in [0.25, 0.3) is 32.9 Å². The molecule has 0 spiro atoms. The van der Waals surface area contributed by atoms with Crippen LogP contribution in [-0.2, 0) is 6.54 Å². The van der Waals surface area contributed by atoms with Crippen molar-refractivity contribution in [2.75, 3.05) is 48.6 Å². The van der Waals surface area contributed by atoms with E-state index < -0.39 is 5.97 Å².